The molecule has 0 aliphatic carbocycles. The molecule has 3 aromatic rings. The Bertz CT molecular complexity index is 801. The number of benzene rings is 1. The third-order valence-corrected chi connectivity index (χ3v) is 4.15. The number of anilines is 1. The molecule has 1 atom stereocenters. The first-order valence-electron chi connectivity index (χ1n) is 7.28. The summed E-state index contributed by atoms with van der Waals surface area (Å²) in [5.41, 5.74) is 1.92. The van der Waals surface area contributed by atoms with Crippen molar-refractivity contribution >= 4 is 11.5 Å². The van der Waals surface area contributed by atoms with Gasteiger partial charge >= 0.3 is 0 Å². The lowest BCUT2D eigenvalue weighted by molar-refractivity contribution is 0.406. The molecule has 112 valence electrons. The van der Waals surface area contributed by atoms with Crippen molar-refractivity contribution in [1.29, 1.82) is 0 Å². The average molecular weight is 296 g/mol. The maximum absolute atomic E-state index is 5.48. The molecule has 4 rings (SSSR count). The van der Waals surface area contributed by atoms with Crippen LogP contribution in [-0.2, 0) is 0 Å². The highest BCUT2D eigenvalue weighted by atomic mass is 16.5. The topological polar surface area (TPSA) is 68.4 Å². The molecule has 2 aromatic heterocycles. The molecule has 1 aliphatic rings. The molecule has 7 nitrogen and oxygen atoms in total. The lowest BCUT2D eigenvalue weighted by Gasteiger charge is -2.18. The summed E-state index contributed by atoms with van der Waals surface area (Å²) in [4.78, 5) is 2.26. The second-order valence-corrected chi connectivity index (χ2v) is 5.39. The minimum Gasteiger partial charge on any atom is -0.496 e. The van der Waals surface area contributed by atoms with Gasteiger partial charge in [-0.1, -0.05) is 18.2 Å². The quantitative estimate of drug-likeness (QED) is 0.730. The van der Waals surface area contributed by atoms with Crippen LogP contribution in [0, 0.1) is 0 Å². The fourth-order valence-corrected chi connectivity index (χ4v) is 3.03. The number of rotatable bonds is 3. The van der Waals surface area contributed by atoms with Crippen molar-refractivity contribution < 1.29 is 4.74 Å². The van der Waals surface area contributed by atoms with Crippen molar-refractivity contribution in [2.24, 2.45) is 0 Å². The number of aromatic nitrogens is 5. The zero-order valence-electron chi connectivity index (χ0n) is 12.3. The van der Waals surface area contributed by atoms with Gasteiger partial charge in [0, 0.05) is 19.0 Å². The van der Waals surface area contributed by atoms with E-state index in [9.17, 15) is 0 Å². The van der Waals surface area contributed by atoms with Crippen molar-refractivity contribution in [2.45, 2.75) is 12.3 Å². The minimum atomic E-state index is 0.447. The number of methoxy groups -OCH3 is 1. The van der Waals surface area contributed by atoms with Crippen LogP contribution >= 0.6 is 0 Å². The molecular weight excluding hydrogens is 280 g/mol. The average Bonchev–Trinajstić information content (AvgIpc) is 3.23. The van der Waals surface area contributed by atoms with E-state index >= 15 is 0 Å². The predicted octanol–water partition coefficient (Wildman–Crippen LogP) is 1.52. The van der Waals surface area contributed by atoms with Gasteiger partial charge in [-0.15, -0.1) is 14.8 Å². The smallest absolute Gasteiger partial charge is 0.200 e. The highest BCUT2D eigenvalue weighted by molar-refractivity contribution is 5.47. The zero-order valence-corrected chi connectivity index (χ0v) is 12.3. The second-order valence-electron chi connectivity index (χ2n) is 5.39. The lowest BCUT2D eigenvalue weighted by Crippen LogP contribution is -2.21. The molecular formula is C15H16N6O. The normalized spacial score (nSPS) is 18.0. The lowest BCUT2D eigenvalue weighted by atomic mass is 9.97. The van der Waals surface area contributed by atoms with Crippen LogP contribution in [0.5, 0.6) is 5.75 Å². The number of para-hydroxylation sites is 1. The summed E-state index contributed by atoms with van der Waals surface area (Å²) in [6.07, 6.45) is 1.08. The Hall–Kier alpha value is -2.70. The van der Waals surface area contributed by atoms with E-state index in [1.807, 2.05) is 24.3 Å². The van der Waals surface area contributed by atoms with Gasteiger partial charge in [0.2, 0.25) is 0 Å². The summed E-state index contributed by atoms with van der Waals surface area (Å²) < 4.78 is 6.95. The van der Waals surface area contributed by atoms with E-state index in [0.29, 0.717) is 11.6 Å². The third-order valence-electron chi connectivity index (χ3n) is 4.15. The molecule has 3 heterocycles. The van der Waals surface area contributed by atoms with E-state index in [0.717, 1.165) is 31.1 Å². The van der Waals surface area contributed by atoms with Crippen molar-refractivity contribution in [1.82, 2.24) is 25.3 Å². The summed E-state index contributed by atoms with van der Waals surface area (Å²) in [5, 5.41) is 15.8. The fourth-order valence-electron chi connectivity index (χ4n) is 3.03. The van der Waals surface area contributed by atoms with Gasteiger partial charge in [0.1, 0.15) is 5.75 Å². The molecule has 0 amide bonds. The highest BCUT2D eigenvalue weighted by Crippen LogP contribution is 2.34. The Kier molecular flexibility index (Phi) is 3.10. The molecule has 7 heteroatoms. The maximum atomic E-state index is 5.48. The van der Waals surface area contributed by atoms with Gasteiger partial charge in [-0.2, -0.15) is 0 Å². The largest absolute Gasteiger partial charge is 0.496 e. The van der Waals surface area contributed by atoms with Crippen molar-refractivity contribution in [2.75, 3.05) is 25.1 Å². The summed E-state index contributed by atoms with van der Waals surface area (Å²) >= 11 is 0. The summed E-state index contributed by atoms with van der Waals surface area (Å²) in [7, 11) is 1.72. The van der Waals surface area contributed by atoms with Crippen LogP contribution in [0.1, 0.15) is 17.9 Å². The molecule has 1 saturated heterocycles. The van der Waals surface area contributed by atoms with Crippen LogP contribution in [0.4, 0.5) is 5.82 Å². The van der Waals surface area contributed by atoms with Gasteiger partial charge in [0.15, 0.2) is 11.5 Å². The van der Waals surface area contributed by atoms with Crippen molar-refractivity contribution in [3.05, 3.63) is 42.0 Å². The van der Waals surface area contributed by atoms with Crippen molar-refractivity contribution in [3.63, 3.8) is 0 Å². The number of ether oxygens (including phenoxy) is 1. The number of nitrogens with zero attached hydrogens (tertiary/aromatic N) is 6. The Morgan fingerprint density at radius 3 is 3.00 bits per heavy atom. The molecule has 22 heavy (non-hydrogen) atoms. The molecule has 0 spiro atoms. The monoisotopic (exact) mass is 296 g/mol. The minimum absolute atomic E-state index is 0.447. The van der Waals surface area contributed by atoms with Gasteiger partial charge in [-0.3, -0.25) is 0 Å². The number of hydrogen-bond acceptors (Lipinski definition) is 6. The van der Waals surface area contributed by atoms with Crippen LogP contribution in [0.3, 0.4) is 0 Å². The van der Waals surface area contributed by atoms with E-state index in [1.54, 1.807) is 7.11 Å². The summed E-state index contributed by atoms with van der Waals surface area (Å²) in [6.45, 7) is 1.88. The molecule has 1 unspecified atom stereocenters. The molecule has 0 radical (unpaired) electrons. The van der Waals surface area contributed by atoms with E-state index < -0.39 is 0 Å². The predicted molar refractivity (Wildman–Crippen MR) is 81.1 cm³/mol. The molecule has 0 saturated carbocycles. The number of tetrazole rings is 1. The maximum Gasteiger partial charge on any atom is 0.200 e. The van der Waals surface area contributed by atoms with Gasteiger partial charge in [0.25, 0.3) is 0 Å². The standard InChI is InChI=1S/C15H16N6O/c1-22-13-5-3-2-4-12(13)11-8-9-20(10-11)15-7-6-14-16-18-19-21(14)17-15/h2-7,11H,8-10H2,1H3. The molecule has 0 bridgehead atoms. The first kappa shape index (κ1) is 13.0. The first-order valence-corrected chi connectivity index (χ1v) is 7.28. The van der Waals surface area contributed by atoms with E-state index in [1.165, 1.54) is 10.2 Å². The van der Waals surface area contributed by atoms with Gasteiger partial charge < -0.3 is 9.64 Å². The van der Waals surface area contributed by atoms with Crippen LogP contribution in [0.25, 0.3) is 5.65 Å². The Morgan fingerprint density at radius 2 is 2.09 bits per heavy atom. The second kappa shape index (κ2) is 5.25. The van der Waals surface area contributed by atoms with Crippen molar-refractivity contribution in [3.8, 4) is 5.75 Å². The van der Waals surface area contributed by atoms with E-state index in [-0.39, 0.29) is 0 Å². The van der Waals surface area contributed by atoms with Crippen LogP contribution in [-0.4, -0.2) is 45.5 Å². The SMILES string of the molecule is COc1ccccc1C1CCN(c2ccc3nnnn3n2)C1. The molecule has 1 fully saturated rings. The fraction of sp³-hybridized carbons (Fsp3) is 0.333. The molecule has 1 aromatic carbocycles. The van der Waals surface area contributed by atoms with Crippen LogP contribution < -0.4 is 9.64 Å². The van der Waals surface area contributed by atoms with Crippen LogP contribution in [0.15, 0.2) is 36.4 Å². The third kappa shape index (κ3) is 2.14. The highest BCUT2D eigenvalue weighted by Gasteiger charge is 2.27. The van der Waals surface area contributed by atoms with Gasteiger partial charge in [-0.05, 0) is 40.6 Å². The molecule has 1 aliphatic heterocycles. The zero-order chi connectivity index (χ0) is 14.9. The molecule has 0 N–H and O–H groups in total. The van der Waals surface area contributed by atoms with Gasteiger partial charge in [-0.25, -0.2) is 0 Å². The first-order chi connectivity index (χ1) is 10.8. The van der Waals surface area contributed by atoms with Crippen LogP contribution in [0.2, 0.25) is 0 Å². The van der Waals surface area contributed by atoms with Gasteiger partial charge in [0.05, 0.1) is 7.11 Å². The Labute approximate surface area is 127 Å². The summed E-state index contributed by atoms with van der Waals surface area (Å²) in [6, 6.07) is 12.1. The van der Waals surface area contributed by atoms with E-state index in [2.05, 4.69) is 37.7 Å². The summed E-state index contributed by atoms with van der Waals surface area (Å²) in [5.74, 6) is 2.30. The number of hydrogen-bond donors (Lipinski definition) is 0. The van der Waals surface area contributed by atoms with E-state index in [4.69, 9.17) is 4.74 Å². The Morgan fingerprint density at radius 1 is 1.18 bits per heavy atom. The number of fused-ring (bicyclic) bond motifs is 1. The Balaban J connectivity index is 1.59.